The maximum atomic E-state index is 5.06. The zero-order chi connectivity index (χ0) is 32.9. The number of nitrogens with zero attached hydrogens (tertiary/aromatic N) is 4. The predicted octanol–water partition coefficient (Wildman–Crippen LogP) is 12.0. The third kappa shape index (κ3) is 4.70. The Morgan fingerprint density at radius 1 is 0.592 bits per heavy atom. The van der Waals surface area contributed by atoms with Gasteiger partial charge in [0.2, 0.25) is 0 Å². The van der Waals surface area contributed by atoms with Gasteiger partial charge in [0.25, 0.3) is 0 Å². The van der Waals surface area contributed by atoms with Crippen LogP contribution in [0, 0.1) is 0 Å². The average Bonchev–Trinajstić information content (AvgIpc) is 3.72. The Kier molecular flexibility index (Phi) is 6.99. The van der Waals surface area contributed by atoms with Gasteiger partial charge in [0.15, 0.2) is 17.5 Å². The van der Waals surface area contributed by atoms with E-state index < -0.39 is 0 Å². The first-order chi connectivity index (χ1) is 24.2. The molecule has 0 saturated heterocycles. The van der Waals surface area contributed by atoms with Gasteiger partial charge in [0.05, 0.1) is 15.7 Å². The first-order valence-corrected chi connectivity index (χ1v) is 17.2. The van der Waals surface area contributed by atoms with Crippen molar-refractivity contribution < 1.29 is 0 Å². The van der Waals surface area contributed by atoms with Crippen LogP contribution in [0.2, 0.25) is 0 Å². The van der Waals surface area contributed by atoms with Gasteiger partial charge in [-0.2, -0.15) is 0 Å². The molecule has 0 spiro atoms. The minimum Gasteiger partial charge on any atom is -0.308 e. The lowest BCUT2D eigenvalue weighted by atomic mass is 9.97. The molecule has 0 fully saturated rings. The summed E-state index contributed by atoms with van der Waals surface area (Å²) in [6.45, 7) is 6.28. The Hall–Kier alpha value is -6.17. The second-order valence-corrected chi connectivity index (χ2v) is 13.1. The second kappa shape index (κ2) is 11.8. The third-order valence-corrected chi connectivity index (χ3v) is 10.3. The first-order valence-electron chi connectivity index (χ1n) is 16.4. The van der Waals surface area contributed by atoms with Gasteiger partial charge in [0.1, 0.15) is 0 Å². The molecule has 5 heteroatoms. The molecule has 0 unspecified atom stereocenters. The summed E-state index contributed by atoms with van der Waals surface area (Å²) < 4.78 is 3.67. The Bertz CT molecular complexity index is 2660. The van der Waals surface area contributed by atoms with Crippen LogP contribution in [-0.4, -0.2) is 19.5 Å². The van der Waals surface area contributed by atoms with Gasteiger partial charge in [-0.25, -0.2) is 15.0 Å². The molecule has 0 aliphatic heterocycles. The molecule has 0 atom stereocenters. The van der Waals surface area contributed by atoms with Gasteiger partial charge in [-0.15, -0.1) is 11.3 Å². The van der Waals surface area contributed by atoms with Gasteiger partial charge in [0, 0.05) is 49.0 Å². The number of rotatable bonds is 6. The summed E-state index contributed by atoms with van der Waals surface area (Å²) in [4.78, 5) is 16.2. The fourth-order valence-corrected chi connectivity index (χ4v) is 8.19. The lowest BCUT2D eigenvalue weighted by Crippen LogP contribution is -2.00. The minimum atomic E-state index is 0.640. The number of thiophene rings is 1. The van der Waals surface area contributed by atoms with Gasteiger partial charge in [-0.1, -0.05) is 128 Å². The third-order valence-electron chi connectivity index (χ3n) is 9.11. The summed E-state index contributed by atoms with van der Waals surface area (Å²) in [5.41, 5.74) is 7.50. The van der Waals surface area contributed by atoms with Crippen LogP contribution in [0.5, 0.6) is 0 Å². The van der Waals surface area contributed by atoms with Crippen molar-refractivity contribution in [3.8, 4) is 39.9 Å². The molecule has 9 aromatic rings. The van der Waals surface area contributed by atoms with Crippen molar-refractivity contribution >= 4 is 66.2 Å². The number of hydrogen-bond donors (Lipinski definition) is 0. The number of benzene rings is 6. The van der Waals surface area contributed by atoms with E-state index in [4.69, 9.17) is 15.0 Å². The minimum absolute atomic E-state index is 0.640. The standard InChI is InChI=1S/C44H30N4S/c1-3-16-34-37(4-2)49-41-39(34)33-24-15-14-23-32(33)38-35-27-30(25-26-36(35)48(40(38)41)31-21-12-7-13-22-31)44-46-42(28-17-8-5-9-18-28)45-43(47-44)29-19-10-6-11-20-29/h3-27H,2H2,1H3/b16-3-. The van der Waals surface area contributed by atoms with Gasteiger partial charge in [-0.3, -0.25) is 0 Å². The summed E-state index contributed by atoms with van der Waals surface area (Å²) in [5.74, 6) is 1.94. The van der Waals surface area contributed by atoms with Gasteiger partial charge in [-0.05, 0) is 48.0 Å². The van der Waals surface area contributed by atoms with Crippen molar-refractivity contribution in [3.63, 3.8) is 0 Å². The second-order valence-electron chi connectivity index (χ2n) is 12.0. The summed E-state index contributed by atoms with van der Waals surface area (Å²) in [5, 5.41) is 6.08. The van der Waals surface area contributed by atoms with E-state index in [9.17, 15) is 0 Å². The van der Waals surface area contributed by atoms with Crippen LogP contribution >= 0.6 is 11.3 Å². The van der Waals surface area contributed by atoms with Crippen LogP contribution in [0.15, 0.2) is 146 Å². The van der Waals surface area contributed by atoms with Crippen LogP contribution in [0.25, 0.3) is 94.7 Å². The summed E-state index contributed by atoms with van der Waals surface area (Å²) in [6.07, 6.45) is 6.33. The molecule has 0 amide bonds. The lowest BCUT2D eigenvalue weighted by molar-refractivity contribution is 1.07. The fraction of sp³-hybridized carbons (Fsp3) is 0.0227. The summed E-state index contributed by atoms with van der Waals surface area (Å²) in [6, 6.07) is 46.3. The highest BCUT2D eigenvalue weighted by Crippen LogP contribution is 2.48. The highest BCUT2D eigenvalue weighted by Gasteiger charge is 2.23. The molecule has 0 bridgehead atoms. The highest BCUT2D eigenvalue weighted by molar-refractivity contribution is 7.21. The molecule has 6 aromatic carbocycles. The van der Waals surface area contributed by atoms with E-state index in [0.717, 1.165) is 33.3 Å². The van der Waals surface area contributed by atoms with E-state index in [-0.39, 0.29) is 0 Å². The molecular formula is C44H30N4S. The molecule has 49 heavy (non-hydrogen) atoms. The zero-order valence-electron chi connectivity index (χ0n) is 26.8. The van der Waals surface area contributed by atoms with Crippen molar-refractivity contribution in [1.29, 1.82) is 0 Å². The monoisotopic (exact) mass is 646 g/mol. The van der Waals surface area contributed by atoms with E-state index in [2.05, 4.69) is 103 Å². The molecule has 232 valence electrons. The van der Waals surface area contributed by atoms with E-state index in [0.29, 0.717) is 17.5 Å². The average molecular weight is 647 g/mol. The van der Waals surface area contributed by atoms with Crippen molar-refractivity contribution in [1.82, 2.24) is 19.5 Å². The number of fused-ring (bicyclic) bond motifs is 8. The molecular weight excluding hydrogens is 617 g/mol. The van der Waals surface area contributed by atoms with E-state index >= 15 is 0 Å². The Morgan fingerprint density at radius 3 is 1.73 bits per heavy atom. The number of aromatic nitrogens is 4. The van der Waals surface area contributed by atoms with Crippen molar-refractivity contribution in [2.24, 2.45) is 0 Å². The van der Waals surface area contributed by atoms with Crippen LogP contribution < -0.4 is 0 Å². The number of allylic oxidation sites excluding steroid dienone is 1. The molecule has 0 aliphatic carbocycles. The molecule has 0 aliphatic rings. The molecule has 3 aromatic heterocycles. The molecule has 3 heterocycles. The smallest absolute Gasteiger partial charge is 0.164 e. The maximum absolute atomic E-state index is 5.06. The number of hydrogen-bond acceptors (Lipinski definition) is 4. The van der Waals surface area contributed by atoms with Crippen molar-refractivity contribution in [2.45, 2.75) is 6.92 Å². The molecule has 0 radical (unpaired) electrons. The van der Waals surface area contributed by atoms with E-state index in [1.54, 1.807) is 0 Å². The van der Waals surface area contributed by atoms with E-state index in [1.165, 1.54) is 42.2 Å². The topological polar surface area (TPSA) is 43.6 Å². The first kappa shape index (κ1) is 29.0. The zero-order valence-corrected chi connectivity index (χ0v) is 27.7. The SMILES string of the molecule is C=Cc1sc2c(c1/C=C\C)c1ccccc1c1c3cc(-c4nc(-c5ccccc5)nc(-c5ccccc5)n4)ccc3n(-c3ccccc3)c21. The normalized spacial score (nSPS) is 11.8. The van der Waals surface area contributed by atoms with Crippen LogP contribution in [0.4, 0.5) is 0 Å². The molecule has 0 saturated carbocycles. The van der Waals surface area contributed by atoms with Crippen LogP contribution in [0.1, 0.15) is 17.4 Å². The van der Waals surface area contributed by atoms with Crippen LogP contribution in [0.3, 0.4) is 0 Å². The van der Waals surface area contributed by atoms with Gasteiger partial charge < -0.3 is 4.57 Å². The Morgan fingerprint density at radius 2 is 1.14 bits per heavy atom. The lowest BCUT2D eigenvalue weighted by Gasteiger charge is -2.10. The Balaban J connectivity index is 1.41. The van der Waals surface area contributed by atoms with Crippen LogP contribution in [-0.2, 0) is 0 Å². The quantitative estimate of drug-likeness (QED) is 0.181. The predicted molar refractivity (Wildman–Crippen MR) is 208 cm³/mol. The highest BCUT2D eigenvalue weighted by atomic mass is 32.1. The summed E-state index contributed by atoms with van der Waals surface area (Å²) in [7, 11) is 0. The molecule has 0 N–H and O–H groups in total. The van der Waals surface area contributed by atoms with Crippen molar-refractivity contribution in [3.05, 3.63) is 157 Å². The maximum Gasteiger partial charge on any atom is 0.164 e. The fourth-order valence-electron chi connectivity index (χ4n) is 7.00. The van der Waals surface area contributed by atoms with Gasteiger partial charge >= 0.3 is 0 Å². The number of para-hydroxylation sites is 1. The molecule has 4 nitrogen and oxygen atoms in total. The Labute approximate surface area is 288 Å². The van der Waals surface area contributed by atoms with E-state index in [1.807, 2.05) is 78.1 Å². The molecule has 9 rings (SSSR count). The summed E-state index contributed by atoms with van der Waals surface area (Å²) >= 11 is 1.81. The largest absolute Gasteiger partial charge is 0.308 e. The van der Waals surface area contributed by atoms with Crippen molar-refractivity contribution in [2.75, 3.05) is 0 Å².